The van der Waals surface area contributed by atoms with Gasteiger partial charge in [0.25, 0.3) is 0 Å². The van der Waals surface area contributed by atoms with E-state index < -0.39 is 8.07 Å². The molecule has 0 heterocycles. The first-order valence-electron chi connectivity index (χ1n) is 17.4. The van der Waals surface area contributed by atoms with Crippen molar-refractivity contribution in [3.8, 4) is 11.5 Å². The van der Waals surface area contributed by atoms with Gasteiger partial charge >= 0.3 is 0 Å². The van der Waals surface area contributed by atoms with Crippen LogP contribution in [0.15, 0.2) is 194 Å². The molecule has 3 nitrogen and oxygen atoms in total. The van der Waals surface area contributed by atoms with Gasteiger partial charge in [-0.25, -0.2) is 0 Å². The molecule has 51 heavy (non-hydrogen) atoms. The zero-order valence-electron chi connectivity index (χ0n) is 29.3. The average Bonchev–Trinajstić information content (AvgIpc) is 3.17. The van der Waals surface area contributed by atoms with Crippen molar-refractivity contribution >= 4 is 59.3 Å². The molecule has 7 rings (SSSR count). The molecule has 0 aliphatic rings. The Labute approximate surface area is 303 Å². The van der Waals surface area contributed by atoms with Gasteiger partial charge < -0.3 is 14.7 Å². The van der Waals surface area contributed by atoms with E-state index in [4.69, 9.17) is 0 Å². The fraction of sp³-hybridized carbons (Fsp3) is 0.0638. The maximum Gasteiger partial charge on any atom is 0.129 e. The Balaban J connectivity index is 1.29. The summed E-state index contributed by atoms with van der Waals surface area (Å²) in [5.41, 5.74) is 14.4. The van der Waals surface area contributed by atoms with Crippen LogP contribution in [0.1, 0.15) is 5.56 Å². The minimum Gasteiger partial charge on any atom is -0.311 e. The van der Waals surface area contributed by atoms with Crippen molar-refractivity contribution in [1.82, 2.24) is 0 Å². The van der Waals surface area contributed by atoms with Gasteiger partial charge in [0.15, 0.2) is 0 Å². The van der Waals surface area contributed by atoms with Gasteiger partial charge in [-0.05, 0) is 121 Å². The molecular formula is C47H41N3Si. The monoisotopic (exact) mass is 675 g/mol. The van der Waals surface area contributed by atoms with Gasteiger partial charge in [0, 0.05) is 56.7 Å². The molecule has 0 unspecified atom stereocenters. The van der Waals surface area contributed by atoms with Gasteiger partial charge in [-0.2, -0.15) is 0 Å². The molecule has 0 amide bonds. The zero-order chi connectivity index (χ0) is 35.0. The second kappa shape index (κ2) is 15.1. The lowest BCUT2D eigenvalue weighted by atomic mass is 10.1. The second-order valence-electron chi connectivity index (χ2n) is 13.4. The summed E-state index contributed by atoms with van der Waals surface area (Å²) >= 11 is 0. The van der Waals surface area contributed by atoms with Gasteiger partial charge in [0.2, 0.25) is 0 Å². The summed E-state index contributed by atoms with van der Waals surface area (Å²) in [7, 11) is -1.49. The van der Waals surface area contributed by atoms with E-state index in [0.717, 1.165) is 56.7 Å². The number of rotatable bonds is 9. The van der Waals surface area contributed by atoms with Crippen LogP contribution in [0.3, 0.4) is 0 Å². The second-order valence-corrected chi connectivity index (χ2v) is 18.2. The van der Waals surface area contributed by atoms with E-state index >= 15 is 0 Å². The first-order valence-corrected chi connectivity index (χ1v) is 20.9. The number of benzene rings is 7. The normalized spacial score (nSPS) is 10.9. The van der Waals surface area contributed by atoms with Gasteiger partial charge in [0.05, 0.1) is 0 Å². The summed E-state index contributed by atoms with van der Waals surface area (Å²) in [5.74, 6) is 3.41. The highest BCUT2D eigenvalue weighted by atomic mass is 28.3. The highest BCUT2D eigenvalue weighted by Crippen LogP contribution is 2.41. The van der Waals surface area contributed by atoms with Crippen LogP contribution in [-0.2, 0) is 0 Å². The Morgan fingerprint density at radius 1 is 0.294 bits per heavy atom. The lowest BCUT2D eigenvalue weighted by Gasteiger charge is -2.29. The zero-order valence-corrected chi connectivity index (χ0v) is 30.3. The summed E-state index contributed by atoms with van der Waals surface area (Å²) in [5, 5.41) is 0. The molecule has 0 spiro atoms. The summed E-state index contributed by atoms with van der Waals surface area (Å²) in [6.07, 6.45) is 0. The smallest absolute Gasteiger partial charge is 0.129 e. The molecular weight excluding hydrogens is 635 g/mol. The Morgan fingerprint density at radius 2 is 0.510 bits per heavy atom. The predicted octanol–water partition coefficient (Wildman–Crippen LogP) is 13.3. The summed E-state index contributed by atoms with van der Waals surface area (Å²) in [6.45, 7) is 6.82. The van der Waals surface area contributed by atoms with Crippen molar-refractivity contribution in [1.29, 1.82) is 0 Å². The van der Waals surface area contributed by atoms with Crippen molar-refractivity contribution in [2.45, 2.75) is 19.6 Å². The topological polar surface area (TPSA) is 9.72 Å². The van der Waals surface area contributed by atoms with E-state index in [-0.39, 0.29) is 0 Å². The molecule has 0 saturated heterocycles. The quantitative estimate of drug-likeness (QED) is 0.111. The fourth-order valence-electron chi connectivity index (χ4n) is 6.10. The highest BCUT2D eigenvalue weighted by Gasteiger charge is 2.18. The van der Waals surface area contributed by atoms with Crippen LogP contribution in [0.2, 0.25) is 19.6 Å². The van der Waals surface area contributed by atoms with Crippen LogP contribution >= 0.6 is 0 Å². The predicted molar refractivity (Wildman–Crippen MR) is 221 cm³/mol. The number of hydrogen-bond acceptors (Lipinski definition) is 3. The first kappa shape index (κ1) is 33.2. The van der Waals surface area contributed by atoms with Crippen LogP contribution in [-0.4, -0.2) is 8.07 Å². The summed E-state index contributed by atoms with van der Waals surface area (Å²) < 4.78 is 0. The minimum absolute atomic E-state index is 1.04. The van der Waals surface area contributed by atoms with Gasteiger partial charge in [-0.15, -0.1) is 5.54 Å². The number of hydrogen-bond donors (Lipinski definition) is 0. The van der Waals surface area contributed by atoms with Crippen molar-refractivity contribution in [3.05, 3.63) is 200 Å². The van der Waals surface area contributed by atoms with E-state index in [1.807, 2.05) is 0 Å². The van der Waals surface area contributed by atoms with Crippen LogP contribution in [0.4, 0.5) is 51.2 Å². The average molecular weight is 676 g/mol. The molecule has 7 aromatic carbocycles. The molecule has 4 heteroatoms. The van der Waals surface area contributed by atoms with Crippen LogP contribution in [0.25, 0.3) is 0 Å². The number of nitrogens with zero attached hydrogens (tertiary/aromatic N) is 3. The SMILES string of the molecule is C[Si](C)(C)C#Cc1ccc(N(c2ccc(N(c3ccccc3)c3ccccc3)cc2)c2ccc(N(c3ccccc3)c3ccccc3)cc2)cc1. The van der Waals surface area contributed by atoms with E-state index in [0.29, 0.717) is 0 Å². The molecule has 0 N–H and O–H groups in total. The lowest BCUT2D eigenvalue weighted by Crippen LogP contribution is -2.16. The van der Waals surface area contributed by atoms with E-state index in [2.05, 4.69) is 240 Å². The molecule has 0 saturated carbocycles. The molecule has 7 aromatic rings. The van der Waals surface area contributed by atoms with Crippen LogP contribution in [0, 0.1) is 11.5 Å². The Bertz CT molecular complexity index is 2000. The molecule has 0 aromatic heterocycles. The van der Waals surface area contributed by atoms with Crippen molar-refractivity contribution < 1.29 is 0 Å². The molecule has 0 aliphatic carbocycles. The van der Waals surface area contributed by atoms with E-state index in [1.165, 1.54) is 0 Å². The Morgan fingerprint density at radius 3 is 0.745 bits per heavy atom. The largest absolute Gasteiger partial charge is 0.311 e. The molecule has 0 aliphatic heterocycles. The van der Waals surface area contributed by atoms with Crippen molar-refractivity contribution in [2.75, 3.05) is 14.7 Å². The number of anilines is 9. The van der Waals surface area contributed by atoms with Crippen LogP contribution in [0.5, 0.6) is 0 Å². The van der Waals surface area contributed by atoms with E-state index in [9.17, 15) is 0 Å². The molecule has 0 fully saturated rings. The van der Waals surface area contributed by atoms with Crippen LogP contribution < -0.4 is 14.7 Å². The van der Waals surface area contributed by atoms with Gasteiger partial charge in [-0.1, -0.05) is 98.4 Å². The Hall–Kier alpha value is -6.28. The lowest BCUT2D eigenvalue weighted by molar-refractivity contribution is 1.24. The maximum absolute atomic E-state index is 3.50. The molecule has 248 valence electrons. The highest BCUT2D eigenvalue weighted by molar-refractivity contribution is 6.83. The van der Waals surface area contributed by atoms with Crippen molar-refractivity contribution in [3.63, 3.8) is 0 Å². The third kappa shape index (κ3) is 7.97. The maximum atomic E-state index is 3.50. The van der Waals surface area contributed by atoms with Gasteiger partial charge in [0.1, 0.15) is 8.07 Å². The summed E-state index contributed by atoms with van der Waals surface area (Å²) in [4.78, 5) is 6.89. The molecule has 0 bridgehead atoms. The Kier molecular flexibility index (Phi) is 9.83. The third-order valence-corrected chi connectivity index (χ3v) is 9.37. The first-order chi connectivity index (χ1) is 24.9. The molecule has 0 atom stereocenters. The van der Waals surface area contributed by atoms with E-state index in [1.54, 1.807) is 0 Å². The number of para-hydroxylation sites is 4. The van der Waals surface area contributed by atoms with Gasteiger partial charge in [-0.3, -0.25) is 0 Å². The fourth-order valence-corrected chi connectivity index (χ4v) is 6.62. The standard InChI is InChI=1S/C47H41N3Si/c1-51(2,3)37-36-38-24-26-43(27-25-38)50(46-32-28-44(29-33-46)48(39-16-8-4-9-17-39)40-18-10-5-11-19-40)47-34-30-45(31-35-47)49(41-20-12-6-13-21-41)42-22-14-7-15-23-42/h4-35H,1-3H3. The third-order valence-electron chi connectivity index (χ3n) is 8.50. The minimum atomic E-state index is -1.49. The van der Waals surface area contributed by atoms with Crippen molar-refractivity contribution in [2.24, 2.45) is 0 Å². The summed E-state index contributed by atoms with van der Waals surface area (Å²) in [6, 6.07) is 68.4. The molecule has 0 radical (unpaired) electrons.